The highest BCUT2D eigenvalue weighted by atomic mass is 127. The summed E-state index contributed by atoms with van der Waals surface area (Å²) in [6.07, 6.45) is 3.82. The molecule has 0 aromatic carbocycles. The van der Waals surface area contributed by atoms with E-state index in [2.05, 4.69) is 48.3 Å². The molecule has 2 N–H and O–H groups in total. The van der Waals surface area contributed by atoms with E-state index in [0.29, 0.717) is 12.0 Å². The molecule has 27 heavy (non-hydrogen) atoms. The first-order chi connectivity index (χ1) is 12.6. The van der Waals surface area contributed by atoms with Gasteiger partial charge in [-0.2, -0.15) is 0 Å². The number of hydrogen-bond acceptors (Lipinski definition) is 4. The number of likely N-dealkylation sites (tertiary alicyclic amines) is 1. The lowest BCUT2D eigenvalue weighted by Crippen LogP contribution is -2.47. The number of nitrogens with zero attached hydrogens (tertiary/aromatic N) is 3. The van der Waals surface area contributed by atoms with Crippen LogP contribution in [0.1, 0.15) is 40.0 Å². The minimum absolute atomic E-state index is 0. The summed E-state index contributed by atoms with van der Waals surface area (Å²) in [6.45, 7) is 15.7. The minimum Gasteiger partial charge on any atom is -0.379 e. The number of guanidine groups is 1. The Bertz CT molecular complexity index is 415. The van der Waals surface area contributed by atoms with Gasteiger partial charge in [-0.25, -0.2) is 0 Å². The number of ether oxygens (including phenoxy) is 1. The van der Waals surface area contributed by atoms with Crippen LogP contribution in [0.5, 0.6) is 0 Å². The number of morpholine rings is 1. The van der Waals surface area contributed by atoms with Crippen molar-refractivity contribution in [2.24, 2.45) is 16.8 Å². The number of aliphatic imine (C=N–C) groups is 1. The van der Waals surface area contributed by atoms with E-state index in [1.165, 1.54) is 32.4 Å². The van der Waals surface area contributed by atoms with Crippen molar-refractivity contribution in [1.29, 1.82) is 0 Å². The molecule has 7 heteroatoms. The maximum Gasteiger partial charge on any atom is 0.191 e. The van der Waals surface area contributed by atoms with Gasteiger partial charge in [0.05, 0.1) is 19.8 Å². The van der Waals surface area contributed by atoms with Crippen molar-refractivity contribution in [3.8, 4) is 0 Å². The molecule has 0 bridgehead atoms. The monoisotopic (exact) mass is 495 g/mol. The van der Waals surface area contributed by atoms with Crippen LogP contribution < -0.4 is 10.6 Å². The Balaban J connectivity index is 0.00000364. The van der Waals surface area contributed by atoms with E-state index in [1.54, 1.807) is 0 Å². The van der Waals surface area contributed by atoms with Crippen LogP contribution in [0.2, 0.25) is 0 Å². The zero-order valence-electron chi connectivity index (χ0n) is 17.9. The van der Waals surface area contributed by atoms with Crippen molar-refractivity contribution in [1.82, 2.24) is 20.4 Å². The molecule has 0 spiro atoms. The predicted molar refractivity (Wildman–Crippen MR) is 125 cm³/mol. The van der Waals surface area contributed by atoms with E-state index in [-0.39, 0.29) is 24.0 Å². The van der Waals surface area contributed by atoms with Crippen LogP contribution in [0, 0.1) is 11.8 Å². The van der Waals surface area contributed by atoms with Gasteiger partial charge in [0.15, 0.2) is 5.96 Å². The topological polar surface area (TPSA) is 52.1 Å². The first-order valence-electron chi connectivity index (χ1n) is 10.6. The van der Waals surface area contributed by atoms with Crippen molar-refractivity contribution in [2.75, 3.05) is 66.1 Å². The SMILES string of the molecule is CCNC(=NCC(CC(C)C)N1CCOCC1)NCC1CCCN(C)C1.I. The van der Waals surface area contributed by atoms with Gasteiger partial charge in [0.2, 0.25) is 0 Å². The molecule has 2 saturated heterocycles. The Labute approximate surface area is 183 Å². The zero-order valence-corrected chi connectivity index (χ0v) is 20.2. The Morgan fingerprint density at radius 1 is 1.19 bits per heavy atom. The average Bonchev–Trinajstić information content (AvgIpc) is 2.63. The molecule has 2 atom stereocenters. The van der Waals surface area contributed by atoms with Crippen LogP contribution in [0.4, 0.5) is 0 Å². The molecule has 160 valence electrons. The van der Waals surface area contributed by atoms with Gasteiger partial charge >= 0.3 is 0 Å². The highest BCUT2D eigenvalue weighted by Gasteiger charge is 2.22. The second-order valence-corrected chi connectivity index (χ2v) is 8.30. The third kappa shape index (κ3) is 9.76. The van der Waals surface area contributed by atoms with Crippen molar-refractivity contribution < 1.29 is 4.74 Å². The maximum atomic E-state index is 5.53. The molecule has 0 radical (unpaired) electrons. The van der Waals surface area contributed by atoms with Crippen LogP contribution in [0.25, 0.3) is 0 Å². The standard InChI is InChI=1S/C20H41N5O.HI/c1-5-21-20(22-14-18-7-6-8-24(4)16-18)23-15-19(13-17(2)3)25-9-11-26-12-10-25;/h17-19H,5-16H2,1-4H3,(H2,21,22,23);1H. The van der Waals surface area contributed by atoms with E-state index >= 15 is 0 Å². The van der Waals surface area contributed by atoms with Gasteiger partial charge in [0.25, 0.3) is 0 Å². The van der Waals surface area contributed by atoms with Crippen molar-refractivity contribution in [2.45, 2.75) is 46.1 Å². The molecule has 2 unspecified atom stereocenters. The number of hydrogen-bond donors (Lipinski definition) is 2. The van der Waals surface area contributed by atoms with Crippen molar-refractivity contribution >= 4 is 29.9 Å². The first-order valence-corrected chi connectivity index (χ1v) is 10.6. The fourth-order valence-corrected chi connectivity index (χ4v) is 4.05. The highest BCUT2D eigenvalue weighted by molar-refractivity contribution is 14.0. The summed E-state index contributed by atoms with van der Waals surface area (Å²) >= 11 is 0. The molecule has 2 rings (SSSR count). The third-order valence-corrected chi connectivity index (χ3v) is 5.39. The third-order valence-electron chi connectivity index (χ3n) is 5.39. The average molecular weight is 495 g/mol. The van der Waals surface area contributed by atoms with Gasteiger partial charge in [-0.15, -0.1) is 24.0 Å². The van der Waals surface area contributed by atoms with E-state index in [0.717, 1.165) is 57.8 Å². The minimum atomic E-state index is 0. The second kappa shape index (κ2) is 14.0. The summed E-state index contributed by atoms with van der Waals surface area (Å²) in [6, 6.07) is 0.509. The molecule has 2 aliphatic heterocycles. The molecule has 2 aliphatic rings. The first kappa shape index (κ1) is 24.9. The zero-order chi connectivity index (χ0) is 18.8. The molecule has 0 saturated carbocycles. The second-order valence-electron chi connectivity index (χ2n) is 8.30. The quantitative estimate of drug-likeness (QED) is 0.308. The fraction of sp³-hybridized carbons (Fsp3) is 0.950. The van der Waals surface area contributed by atoms with Crippen LogP contribution in [0.15, 0.2) is 4.99 Å². The molecular formula is C20H42IN5O. The molecule has 2 fully saturated rings. The molecule has 6 nitrogen and oxygen atoms in total. The van der Waals surface area contributed by atoms with E-state index in [4.69, 9.17) is 9.73 Å². The number of nitrogens with one attached hydrogen (secondary N) is 2. The van der Waals surface area contributed by atoms with Gasteiger partial charge in [0.1, 0.15) is 0 Å². The molecule has 2 heterocycles. The highest BCUT2D eigenvalue weighted by Crippen LogP contribution is 2.15. The Morgan fingerprint density at radius 3 is 2.56 bits per heavy atom. The summed E-state index contributed by atoms with van der Waals surface area (Å²) in [5.41, 5.74) is 0. The normalized spacial score (nSPS) is 23.7. The lowest BCUT2D eigenvalue weighted by atomic mass is 9.98. The smallest absolute Gasteiger partial charge is 0.191 e. The van der Waals surface area contributed by atoms with E-state index < -0.39 is 0 Å². The van der Waals surface area contributed by atoms with Gasteiger partial charge in [0, 0.05) is 38.8 Å². The van der Waals surface area contributed by atoms with Gasteiger partial charge in [-0.3, -0.25) is 9.89 Å². The van der Waals surface area contributed by atoms with E-state index in [9.17, 15) is 0 Å². The Hall–Kier alpha value is -0.120. The summed E-state index contributed by atoms with van der Waals surface area (Å²) in [4.78, 5) is 9.95. The maximum absolute atomic E-state index is 5.53. The van der Waals surface area contributed by atoms with Crippen LogP contribution in [-0.2, 0) is 4.74 Å². The fourth-order valence-electron chi connectivity index (χ4n) is 4.05. The van der Waals surface area contributed by atoms with Gasteiger partial charge in [-0.1, -0.05) is 13.8 Å². The largest absolute Gasteiger partial charge is 0.379 e. The molecule has 0 amide bonds. The van der Waals surface area contributed by atoms with Crippen molar-refractivity contribution in [3.63, 3.8) is 0 Å². The Kier molecular flexibility index (Phi) is 12.9. The molecule has 0 aromatic heterocycles. The van der Waals surface area contributed by atoms with E-state index in [1.807, 2.05) is 0 Å². The molecule has 0 aliphatic carbocycles. The summed E-state index contributed by atoms with van der Waals surface area (Å²) in [5, 5.41) is 7.02. The predicted octanol–water partition coefficient (Wildman–Crippen LogP) is 2.25. The van der Waals surface area contributed by atoms with Gasteiger partial charge < -0.3 is 20.3 Å². The number of piperidine rings is 1. The summed E-state index contributed by atoms with van der Waals surface area (Å²) in [7, 11) is 2.23. The summed E-state index contributed by atoms with van der Waals surface area (Å²) in [5.74, 6) is 2.39. The lowest BCUT2D eigenvalue weighted by Gasteiger charge is -2.34. The lowest BCUT2D eigenvalue weighted by molar-refractivity contribution is 0.0143. The molecule has 0 aromatic rings. The van der Waals surface area contributed by atoms with Crippen molar-refractivity contribution in [3.05, 3.63) is 0 Å². The summed E-state index contributed by atoms with van der Waals surface area (Å²) < 4.78 is 5.53. The van der Waals surface area contributed by atoms with Crippen LogP contribution >= 0.6 is 24.0 Å². The number of halogens is 1. The Morgan fingerprint density at radius 2 is 1.93 bits per heavy atom. The van der Waals surface area contributed by atoms with Gasteiger partial charge in [-0.05, 0) is 51.6 Å². The number of rotatable bonds is 8. The van der Waals surface area contributed by atoms with Crippen LogP contribution in [0.3, 0.4) is 0 Å². The van der Waals surface area contributed by atoms with Crippen LogP contribution in [-0.4, -0.2) is 87.9 Å². The molecular weight excluding hydrogens is 453 g/mol.